The number of nitro groups is 1. The van der Waals surface area contributed by atoms with Crippen LogP contribution in [0, 0.1) is 27.9 Å². The molecule has 0 spiro atoms. The highest BCUT2D eigenvalue weighted by Crippen LogP contribution is 2.55. The Labute approximate surface area is 169 Å². The van der Waals surface area contributed by atoms with Crippen molar-refractivity contribution in [3.05, 3.63) is 33.9 Å². The second-order valence-electron chi connectivity index (χ2n) is 8.48. The molecule has 150 valence electrons. The molecule has 1 aromatic carbocycles. The van der Waals surface area contributed by atoms with Gasteiger partial charge in [0.25, 0.3) is 5.91 Å². The molecule has 8 heteroatoms. The highest BCUT2D eigenvalue weighted by Gasteiger charge is 2.51. The third-order valence-corrected chi connectivity index (χ3v) is 6.57. The molecule has 0 atom stereocenters. The van der Waals surface area contributed by atoms with Crippen LogP contribution in [0.3, 0.4) is 0 Å². The van der Waals surface area contributed by atoms with E-state index in [2.05, 4.69) is 10.6 Å². The van der Waals surface area contributed by atoms with Crippen molar-refractivity contribution in [2.75, 3.05) is 6.61 Å². The Morgan fingerprint density at radius 2 is 1.86 bits per heavy atom. The van der Waals surface area contributed by atoms with E-state index < -0.39 is 10.8 Å². The Balaban J connectivity index is 1.43. The summed E-state index contributed by atoms with van der Waals surface area (Å²) in [5.74, 6) is 2.01. The summed E-state index contributed by atoms with van der Waals surface area (Å²) in [5.41, 5.74) is -0.0384. The van der Waals surface area contributed by atoms with E-state index in [1.165, 1.54) is 37.5 Å². The molecule has 0 saturated heterocycles. The summed E-state index contributed by atoms with van der Waals surface area (Å²) in [6.45, 7) is 2.06. The molecular weight excluding hydrogens is 378 g/mol. The lowest BCUT2D eigenvalue weighted by Crippen LogP contribution is -2.61. The summed E-state index contributed by atoms with van der Waals surface area (Å²) in [7, 11) is 0. The molecule has 4 aliphatic carbocycles. The first-order valence-electron chi connectivity index (χ1n) is 9.92. The standard InChI is InChI=1S/C20H25N3O4S/c1-2-27-17-4-3-15(8-16(17)23(25)26)18(24)21-19(28)22-20-9-12-5-13(10-20)7-14(6-12)11-20/h3-4,8,12-14H,2,5-7,9-11H2,1H3,(H2,21,22,24,28). The molecule has 4 bridgehead atoms. The van der Waals surface area contributed by atoms with E-state index in [4.69, 9.17) is 17.0 Å². The van der Waals surface area contributed by atoms with E-state index in [9.17, 15) is 14.9 Å². The maximum absolute atomic E-state index is 12.6. The van der Waals surface area contributed by atoms with Gasteiger partial charge in [0.1, 0.15) is 0 Å². The number of ether oxygens (including phenoxy) is 1. The number of nitrogens with one attached hydrogen (secondary N) is 2. The molecule has 4 aliphatic rings. The maximum atomic E-state index is 12.6. The van der Waals surface area contributed by atoms with Gasteiger partial charge in [-0.3, -0.25) is 20.2 Å². The Morgan fingerprint density at radius 3 is 2.39 bits per heavy atom. The monoisotopic (exact) mass is 403 g/mol. The van der Waals surface area contributed by atoms with Crippen LogP contribution in [-0.2, 0) is 0 Å². The van der Waals surface area contributed by atoms with Gasteiger partial charge in [-0.05, 0) is 87.6 Å². The van der Waals surface area contributed by atoms with Gasteiger partial charge in [-0.15, -0.1) is 0 Å². The zero-order valence-electron chi connectivity index (χ0n) is 15.9. The van der Waals surface area contributed by atoms with Crippen molar-refractivity contribution in [2.24, 2.45) is 17.8 Å². The molecule has 28 heavy (non-hydrogen) atoms. The van der Waals surface area contributed by atoms with E-state index in [1.807, 2.05) is 0 Å². The summed E-state index contributed by atoms with van der Waals surface area (Å²) >= 11 is 5.42. The molecular formula is C20H25N3O4S. The second kappa shape index (κ2) is 7.31. The van der Waals surface area contributed by atoms with Gasteiger partial charge in [0.2, 0.25) is 0 Å². The SMILES string of the molecule is CCOc1ccc(C(=O)NC(=S)NC23CC4CC(CC(C4)C2)C3)cc1[N+](=O)[O-]. The van der Waals surface area contributed by atoms with Crippen LogP contribution >= 0.6 is 12.2 Å². The second-order valence-corrected chi connectivity index (χ2v) is 8.89. The molecule has 0 heterocycles. The van der Waals surface area contributed by atoms with Crippen LogP contribution in [0.25, 0.3) is 0 Å². The van der Waals surface area contributed by atoms with Crippen LogP contribution in [0.1, 0.15) is 55.8 Å². The molecule has 0 radical (unpaired) electrons. The van der Waals surface area contributed by atoms with Crippen LogP contribution in [0.4, 0.5) is 5.69 Å². The quantitative estimate of drug-likeness (QED) is 0.444. The maximum Gasteiger partial charge on any atom is 0.311 e. The summed E-state index contributed by atoms with van der Waals surface area (Å²) in [6.07, 6.45) is 7.33. The lowest BCUT2D eigenvalue weighted by Gasteiger charge is -2.57. The van der Waals surface area contributed by atoms with Crippen molar-refractivity contribution in [3.63, 3.8) is 0 Å². The molecule has 1 amide bonds. The van der Waals surface area contributed by atoms with Crippen molar-refractivity contribution in [3.8, 4) is 5.75 Å². The third-order valence-electron chi connectivity index (χ3n) is 6.36. The Morgan fingerprint density at radius 1 is 1.25 bits per heavy atom. The fourth-order valence-corrected chi connectivity index (χ4v) is 6.10. The summed E-state index contributed by atoms with van der Waals surface area (Å²) < 4.78 is 5.26. The predicted octanol–water partition coefficient (Wildman–Crippen LogP) is 3.57. The molecule has 4 fully saturated rings. The van der Waals surface area contributed by atoms with Crippen LogP contribution in [0.2, 0.25) is 0 Å². The van der Waals surface area contributed by atoms with E-state index in [0.717, 1.165) is 37.0 Å². The third kappa shape index (κ3) is 3.70. The number of nitrogens with zero attached hydrogens (tertiary/aromatic N) is 1. The molecule has 0 aromatic heterocycles. The van der Waals surface area contributed by atoms with Crippen LogP contribution < -0.4 is 15.4 Å². The average molecular weight is 404 g/mol. The molecule has 4 saturated carbocycles. The molecule has 2 N–H and O–H groups in total. The van der Waals surface area contributed by atoms with E-state index in [1.54, 1.807) is 6.92 Å². The van der Waals surface area contributed by atoms with Gasteiger partial charge in [0, 0.05) is 17.2 Å². The number of carbonyl (C=O) groups excluding carboxylic acids is 1. The molecule has 1 aromatic rings. The molecule has 5 rings (SSSR count). The van der Waals surface area contributed by atoms with Crippen molar-refractivity contribution >= 4 is 28.9 Å². The van der Waals surface area contributed by atoms with E-state index in [-0.39, 0.29) is 22.5 Å². The fraction of sp³-hybridized carbons (Fsp3) is 0.600. The minimum absolute atomic E-state index is 0.00390. The normalized spacial score (nSPS) is 30.0. The smallest absolute Gasteiger partial charge is 0.311 e. The van der Waals surface area contributed by atoms with Gasteiger partial charge in [0.15, 0.2) is 10.9 Å². The summed E-state index contributed by atoms with van der Waals surface area (Å²) in [6, 6.07) is 4.19. The molecule has 0 aliphatic heterocycles. The molecule has 7 nitrogen and oxygen atoms in total. The topological polar surface area (TPSA) is 93.5 Å². The lowest BCUT2D eigenvalue weighted by atomic mass is 9.53. The fourth-order valence-electron chi connectivity index (χ4n) is 5.79. The summed E-state index contributed by atoms with van der Waals surface area (Å²) in [4.78, 5) is 23.3. The number of hydrogen-bond donors (Lipinski definition) is 2. The minimum atomic E-state index is -0.548. The number of hydrogen-bond acceptors (Lipinski definition) is 5. The number of benzene rings is 1. The van der Waals surface area contributed by atoms with Crippen LogP contribution in [0.5, 0.6) is 5.75 Å². The van der Waals surface area contributed by atoms with E-state index >= 15 is 0 Å². The zero-order chi connectivity index (χ0) is 19.9. The van der Waals surface area contributed by atoms with Crippen LogP contribution in [0.15, 0.2) is 18.2 Å². The number of nitro benzene ring substituents is 1. The highest BCUT2D eigenvalue weighted by molar-refractivity contribution is 7.80. The first-order chi connectivity index (χ1) is 13.4. The van der Waals surface area contributed by atoms with Gasteiger partial charge in [0.05, 0.1) is 11.5 Å². The number of amides is 1. The van der Waals surface area contributed by atoms with E-state index in [0.29, 0.717) is 11.7 Å². The average Bonchev–Trinajstić information content (AvgIpc) is 2.60. The van der Waals surface area contributed by atoms with Crippen molar-refractivity contribution in [1.29, 1.82) is 0 Å². The number of carbonyl (C=O) groups is 1. The number of rotatable bonds is 5. The Bertz CT molecular complexity index is 790. The van der Waals surface area contributed by atoms with Crippen molar-refractivity contribution in [1.82, 2.24) is 10.6 Å². The van der Waals surface area contributed by atoms with Gasteiger partial charge in [-0.25, -0.2) is 0 Å². The lowest BCUT2D eigenvalue weighted by molar-refractivity contribution is -0.385. The first-order valence-corrected chi connectivity index (χ1v) is 10.3. The largest absolute Gasteiger partial charge is 0.487 e. The highest BCUT2D eigenvalue weighted by atomic mass is 32.1. The van der Waals surface area contributed by atoms with Gasteiger partial charge < -0.3 is 10.1 Å². The van der Waals surface area contributed by atoms with Gasteiger partial charge in [-0.1, -0.05) is 0 Å². The Hall–Kier alpha value is -2.22. The zero-order valence-corrected chi connectivity index (χ0v) is 16.7. The molecule has 0 unspecified atom stereocenters. The summed E-state index contributed by atoms with van der Waals surface area (Å²) in [5, 5.41) is 17.7. The van der Waals surface area contributed by atoms with Gasteiger partial charge in [-0.2, -0.15) is 0 Å². The predicted molar refractivity (Wildman–Crippen MR) is 108 cm³/mol. The van der Waals surface area contributed by atoms with Crippen molar-refractivity contribution < 1.29 is 14.5 Å². The van der Waals surface area contributed by atoms with Gasteiger partial charge >= 0.3 is 5.69 Å². The Kier molecular flexibility index (Phi) is 4.99. The minimum Gasteiger partial charge on any atom is -0.487 e. The number of thiocarbonyl (C=S) groups is 1. The van der Waals surface area contributed by atoms with Crippen LogP contribution in [-0.4, -0.2) is 28.1 Å². The van der Waals surface area contributed by atoms with Crippen molar-refractivity contribution in [2.45, 2.75) is 51.0 Å². The first kappa shape index (κ1) is 19.1.